The molecule has 21 heavy (non-hydrogen) atoms. The molecule has 0 radical (unpaired) electrons. The monoisotopic (exact) mass is 294 g/mol. The molecule has 0 aliphatic heterocycles. The SMILES string of the molecule is O=[N+]([O-])c1c(F)ccc(Cc2ccc(F)cc2)c1[N+](=O)[O-]. The van der Waals surface area contributed by atoms with E-state index in [2.05, 4.69) is 0 Å². The van der Waals surface area contributed by atoms with E-state index in [4.69, 9.17) is 0 Å². The van der Waals surface area contributed by atoms with Crippen molar-refractivity contribution in [2.24, 2.45) is 0 Å². The maximum absolute atomic E-state index is 13.4. The van der Waals surface area contributed by atoms with Crippen LogP contribution in [0, 0.1) is 31.9 Å². The predicted molar refractivity (Wildman–Crippen MR) is 68.9 cm³/mol. The first-order valence-corrected chi connectivity index (χ1v) is 5.74. The zero-order valence-corrected chi connectivity index (χ0v) is 10.5. The van der Waals surface area contributed by atoms with Crippen LogP contribution in [0.1, 0.15) is 11.1 Å². The lowest BCUT2D eigenvalue weighted by Crippen LogP contribution is -2.04. The molecule has 0 bridgehead atoms. The summed E-state index contributed by atoms with van der Waals surface area (Å²) in [6, 6.07) is 7.05. The fourth-order valence-electron chi connectivity index (χ4n) is 1.94. The summed E-state index contributed by atoms with van der Waals surface area (Å²) in [5.74, 6) is -1.74. The molecule has 2 rings (SSSR count). The minimum absolute atomic E-state index is 0.0142. The minimum atomic E-state index is -1.27. The van der Waals surface area contributed by atoms with Gasteiger partial charge in [0.1, 0.15) is 5.82 Å². The maximum Gasteiger partial charge on any atom is 0.381 e. The summed E-state index contributed by atoms with van der Waals surface area (Å²) in [4.78, 5) is 19.7. The van der Waals surface area contributed by atoms with Gasteiger partial charge in [-0.1, -0.05) is 12.1 Å². The third-order valence-corrected chi connectivity index (χ3v) is 2.86. The zero-order chi connectivity index (χ0) is 15.6. The third-order valence-electron chi connectivity index (χ3n) is 2.86. The Hall–Kier alpha value is -2.90. The molecule has 0 aliphatic carbocycles. The van der Waals surface area contributed by atoms with E-state index in [9.17, 15) is 29.0 Å². The van der Waals surface area contributed by atoms with Gasteiger partial charge in [-0.2, -0.15) is 4.39 Å². The highest BCUT2D eigenvalue weighted by molar-refractivity contribution is 5.59. The smallest absolute Gasteiger partial charge is 0.258 e. The molecule has 0 N–H and O–H groups in total. The van der Waals surface area contributed by atoms with Crippen molar-refractivity contribution in [1.82, 2.24) is 0 Å². The van der Waals surface area contributed by atoms with Crippen LogP contribution in [0.15, 0.2) is 36.4 Å². The highest BCUT2D eigenvalue weighted by Gasteiger charge is 2.32. The van der Waals surface area contributed by atoms with Crippen molar-refractivity contribution in [3.05, 3.63) is 79.4 Å². The highest BCUT2D eigenvalue weighted by atomic mass is 19.1. The lowest BCUT2D eigenvalue weighted by molar-refractivity contribution is -0.424. The van der Waals surface area contributed by atoms with Crippen LogP contribution in [0.3, 0.4) is 0 Å². The van der Waals surface area contributed by atoms with Gasteiger partial charge >= 0.3 is 11.4 Å². The number of nitrogens with zero attached hydrogens (tertiary/aromatic N) is 2. The van der Waals surface area contributed by atoms with E-state index >= 15 is 0 Å². The van der Waals surface area contributed by atoms with Crippen molar-refractivity contribution in [1.29, 1.82) is 0 Å². The molecular formula is C13H8F2N2O4. The molecule has 8 heteroatoms. The summed E-state index contributed by atoms with van der Waals surface area (Å²) in [5, 5.41) is 21.8. The molecule has 0 spiro atoms. The van der Waals surface area contributed by atoms with Gasteiger partial charge in [0.05, 0.1) is 9.85 Å². The zero-order valence-electron chi connectivity index (χ0n) is 10.5. The van der Waals surface area contributed by atoms with Crippen molar-refractivity contribution in [2.45, 2.75) is 6.42 Å². The normalized spacial score (nSPS) is 10.4. The lowest BCUT2D eigenvalue weighted by atomic mass is 10.0. The van der Waals surface area contributed by atoms with Crippen molar-refractivity contribution in [3.63, 3.8) is 0 Å². The van der Waals surface area contributed by atoms with Gasteiger partial charge < -0.3 is 0 Å². The van der Waals surface area contributed by atoms with Crippen molar-refractivity contribution >= 4 is 11.4 Å². The summed E-state index contributed by atoms with van der Waals surface area (Å²) in [6.45, 7) is 0. The number of benzene rings is 2. The van der Waals surface area contributed by atoms with Gasteiger partial charge in [0, 0.05) is 12.0 Å². The van der Waals surface area contributed by atoms with Crippen LogP contribution in [-0.2, 0) is 6.42 Å². The average molecular weight is 294 g/mol. The molecule has 108 valence electrons. The Morgan fingerprint density at radius 2 is 1.43 bits per heavy atom. The highest BCUT2D eigenvalue weighted by Crippen LogP contribution is 2.34. The molecule has 6 nitrogen and oxygen atoms in total. The van der Waals surface area contributed by atoms with Gasteiger partial charge in [-0.05, 0) is 29.8 Å². The lowest BCUT2D eigenvalue weighted by Gasteiger charge is -2.04. The summed E-state index contributed by atoms with van der Waals surface area (Å²) in [5.41, 5.74) is -1.55. The first-order chi connectivity index (χ1) is 9.90. The first-order valence-electron chi connectivity index (χ1n) is 5.74. The van der Waals surface area contributed by atoms with E-state index in [0.717, 1.165) is 12.1 Å². The summed E-state index contributed by atoms with van der Waals surface area (Å²) in [7, 11) is 0. The Morgan fingerprint density at radius 3 is 1.95 bits per heavy atom. The van der Waals surface area contributed by atoms with Gasteiger partial charge in [-0.3, -0.25) is 20.2 Å². The van der Waals surface area contributed by atoms with Crippen LogP contribution in [0.4, 0.5) is 20.2 Å². The quantitative estimate of drug-likeness (QED) is 0.639. The Morgan fingerprint density at radius 1 is 0.857 bits per heavy atom. The van der Waals surface area contributed by atoms with Gasteiger partial charge in [0.2, 0.25) is 5.82 Å². The van der Waals surface area contributed by atoms with Crippen LogP contribution in [0.5, 0.6) is 0 Å². The molecule has 0 unspecified atom stereocenters. The van der Waals surface area contributed by atoms with Crippen molar-refractivity contribution in [2.75, 3.05) is 0 Å². The van der Waals surface area contributed by atoms with Gasteiger partial charge in [0.15, 0.2) is 0 Å². The van der Waals surface area contributed by atoms with Gasteiger partial charge in [-0.25, -0.2) is 4.39 Å². The fraction of sp³-hybridized carbons (Fsp3) is 0.0769. The molecule has 0 aromatic heterocycles. The van der Waals surface area contributed by atoms with E-state index in [1.54, 1.807) is 0 Å². The predicted octanol–water partition coefficient (Wildman–Crippen LogP) is 3.37. The number of nitro benzene ring substituents is 2. The maximum atomic E-state index is 13.4. The van der Waals surface area contributed by atoms with E-state index < -0.39 is 32.9 Å². The molecule has 0 saturated carbocycles. The van der Waals surface area contributed by atoms with E-state index in [-0.39, 0.29) is 12.0 Å². The Bertz CT molecular complexity index is 717. The fourth-order valence-corrected chi connectivity index (χ4v) is 1.94. The second-order valence-corrected chi connectivity index (χ2v) is 4.22. The van der Waals surface area contributed by atoms with Crippen molar-refractivity contribution < 1.29 is 18.6 Å². The van der Waals surface area contributed by atoms with Crippen LogP contribution in [0.2, 0.25) is 0 Å². The standard InChI is InChI=1S/C13H8F2N2O4/c14-10-4-1-8(2-5-10)7-9-3-6-11(15)13(17(20)21)12(9)16(18)19/h1-6H,7H2. The summed E-state index contributed by atoms with van der Waals surface area (Å²) >= 11 is 0. The van der Waals surface area contributed by atoms with Gasteiger partial charge in [-0.15, -0.1) is 0 Å². The van der Waals surface area contributed by atoms with Gasteiger partial charge in [0.25, 0.3) is 0 Å². The molecule has 0 aliphatic rings. The first kappa shape index (κ1) is 14.5. The molecule has 2 aromatic carbocycles. The van der Waals surface area contributed by atoms with Crippen LogP contribution >= 0.6 is 0 Å². The van der Waals surface area contributed by atoms with E-state index in [0.29, 0.717) is 5.56 Å². The van der Waals surface area contributed by atoms with E-state index in [1.807, 2.05) is 0 Å². The number of nitro groups is 2. The number of rotatable bonds is 4. The van der Waals surface area contributed by atoms with Crippen molar-refractivity contribution in [3.8, 4) is 0 Å². The second-order valence-electron chi connectivity index (χ2n) is 4.22. The molecule has 2 aromatic rings. The Kier molecular flexibility index (Phi) is 3.88. The number of halogens is 2. The topological polar surface area (TPSA) is 86.3 Å². The molecule has 0 heterocycles. The van der Waals surface area contributed by atoms with Crippen LogP contribution in [0.25, 0.3) is 0 Å². The Balaban J connectivity index is 2.53. The van der Waals surface area contributed by atoms with E-state index in [1.165, 1.54) is 24.3 Å². The second kappa shape index (κ2) is 5.61. The molecule has 0 atom stereocenters. The summed E-state index contributed by atoms with van der Waals surface area (Å²) < 4.78 is 26.2. The molecule has 0 amide bonds. The molecule has 0 saturated heterocycles. The minimum Gasteiger partial charge on any atom is -0.258 e. The Labute approximate surface area is 116 Å². The summed E-state index contributed by atoms with van der Waals surface area (Å²) in [6.07, 6.45) is -0.0439. The third kappa shape index (κ3) is 2.99. The van der Waals surface area contributed by atoms with Crippen LogP contribution in [-0.4, -0.2) is 9.85 Å². The largest absolute Gasteiger partial charge is 0.381 e. The number of hydrogen-bond donors (Lipinski definition) is 0. The number of hydrogen-bond acceptors (Lipinski definition) is 4. The molecular weight excluding hydrogens is 286 g/mol. The molecule has 0 fully saturated rings. The average Bonchev–Trinajstić information content (AvgIpc) is 2.42. The van der Waals surface area contributed by atoms with Crippen LogP contribution < -0.4 is 0 Å².